The van der Waals surface area contributed by atoms with Crippen molar-refractivity contribution in [3.05, 3.63) is 52.0 Å². The third-order valence-corrected chi connectivity index (χ3v) is 4.97. The molecule has 0 aliphatic carbocycles. The predicted octanol–water partition coefficient (Wildman–Crippen LogP) is 3.74. The van der Waals surface area contributed by atoms with Crippen LogP contribution >= 0.6 is 11.3 Å². The molecule has 4 nitrogen and oxygen atoms in total. The van der Waals surface area contributed by atoms with Crippen molar-refractivity contribution >= 4 is 17.3 Å². The summed E-state index contributed by atoms with van der Waals surface area (Å²) in [7, 11) is 1.82. The van der Waals surface area contributed by atoms with Crippen LogP contribution in [0.4, 0.5) is 0 Å². The van der Waals surface area contributed by atoms with Crippen LogP contribution in [0, 0.1) is 6.92 Å². The summed E-state index contributed by atoms with van der Waals surface area (Å²) in [6.07, 6.45) is 3.34. The lowest BCUT2D eigenvalue weighted by molar-refractivity contribution is 0.671. The third kappa shape index (κ3) is 6.32. The summed E-state index contributed by atoms with van der Waals surface area (Å²) < 4.78 is 0. The number of unbranched alkanes of at least 4 members (excludes halogenated alkanes) is 1. The molecular weight excluding hydrogens is 316 g/mol. The molecule has 0 radical (unpaired) electrons. The Hall–Kier alpha value is -1.88. The number of benzene rings is 1. The Labute approximate surface area is 149 Å². The van der Waals surface area contributed by atoms with E-state index in [1.807, 2.05) is 14.0 Å². The van der Waals surface area contributed by atoms with Gasteiger partial charge in [-0.05, 0) is 37.7 Å². The molecule has 0 amide bonds. The molecule has 5 heteroatoms. The Balaban J connectivity index is 1.62. The van der Waals surface area contributed by atoms with Crippen molar-refractivity contribution in [2.45, 2.75) is 39.0 Å². The number of nitrogens with one attached hydrogen (secondary N) is 2. The van der Waals surface area contributed by atoms with Gasteiger partial charge in [0.15, 0.2) is 5.96 Å². The van der Waals surface area contributed by atoms with Gasteiger partial charge in [0.2, 0.25) is 0 Å². The number of aromatic nitrogens is 1. The van der Waals surface area contributed by atoms with Gasteiger partial charge in [0.25, 0.3) is 0 Å². The average molecular weight is 345 g/mol. The molecular formula is C19H28N4S. The smallest absolute Gasteiger partial charge is 0.190 e. The van der Waals surface area contributed by atoms with Crippen LogP contribution in [0.1, 0.15) is 41.9 Å². The number of hydrogen-bond acceptors (Lipinski definition) is 3. The third-order valence-electron chi connectivity index (χ3n) is 3.94. The highest BCUT2D eigenvalue weighted by Gasteiger charge is 2.06. The number of aryl methyl sites for hydroxylation is 2. The molecule has 130 valence electrons. The summed E-state index contributed by atoms with van der Waals surface area (Å²) in [5.41, 5.74) is 2.48. The molecule has 2 rings (SSSR count). The lowest BCUT2D eigenvalue weighted by Gasteiger charge is -2.16. The SMILES string of the molecule is CN=C(NCCCCc1nc(C)cs1)NCC(C)c1ccccc1. The number of aliphatic imine (C=N–C) groups is 1. The minimum absolute atomic E-state index is 0.456. The molecule has 0 bridgehead atoms. The number of rotatable bonds is 8. The van der Waals surface area contributed by atoms with E-state index in [0.29, 0.717) is 5.92 Å². The van der Waals surface area contributed by atoms with Crippen molar-refractivity contribution in [2.75, 3.05) is 20.1 Å². The molecule has 0 saturated carbocycles. The molecule has 0 fully saturated rings. The summed E-state index contributed by atoms with van der Waals surface area (Å²) in [6.45, 7) is 6.09. The van der Waals surface area contributed by atoms with Gasteiger partial charge in [-0.3, -0.25) is 4.99 Å². The van der Waals surface area contributed by atoms with Gasteiger partial charge in [-0.15, -0.1) is 11.3 Å². The Bertz CT molecular complexity index is 621. The van der Waals surface area contributed by atoms with Crippen LogP contribution in [-0.2, 0) is 6.42 Å². The van der Waals surface area contributed by atoms with E-state index in [9.17, 15) is 0 Å². The summed E-state index contributed by atoms with van der Waals surface area (Å²) in [4.78, 5) is 8.80. The van der Waals surface area contributed by atoms with Crippen LogP contribution in [0.3, 0.4) is 0 Å². The monoisotopic (exact) mass is 344 g/mol. The zero-order chi connectivity index (χ0) is 17.2. The summed E-state index contributed by atoms with van der Waals surface area (Å²) in [6, 6.07) is 10.6. The Morgan fingerprint density at radius 2 is 2.00 bits per heavy atom. The first-order valence-corrected chi connectivity index (χ1v) is 9.47. The summed E-state index contributed by atoms with van der Waals surface area (Å²) in [5, 5.41) is 10.2. The van der Waals surface area contributed by atoms with Gasteiger partial charge in [-0.25, -0.2) is 4.98 Å². The van der Waals surface area contributed by atoms with E-state index in [4.69, 9.17) is 0 Å². The van der Waals surface area contributed by atoms with Crippen LogP contribution < -0.4 is 10.6 Å². The minimum atomic E-state index is 0.456. The molecule has 0 saturated heterocycles. The summed E-state index contributed by atoms with van der Waals surface area (Å²) in [5.74, 6) is 1.33. The van der Waals surface area contributed by atoms with Crippen molar-refractivity contribution in [1.29, 1.82) is 0 Å². The number of guanidine groups is 1. The fourth-order valence-corrected chi connectivity index (χ4v) is 3.31. The van der Waals surface area contributed by atoms with E-state index in [0.717, 1.165) is 44.0 Å². The minimum Gasteiger partial charge on any atom is -0.356 e. The normalized spacial score (nSPS) is 12.9. The van der Waals surface area contributed by atoms with Crippen LogP contribution in [0.2, 0.25) is 0 Å². The predicted molar refractivity (Wildman–Crippen MR) is 104 cm³/mol. The second-order valence-electron chi connectivity index (χ2n) is 6.03. The van der Waals surface area contributed by atoms with Crippen LogP contribution in [0.15, 0.2) is 40.7 Å². The second-order valence-corrected chi connectivity index (χ2v) is 6.97. The van der Waals surface area contributed by atoms with Gasteiger partial charge in [-0.1, -0.05) is 37.3 Å². The maximum absolute atomic E-state index is 4.50. The maximum Gasteiger partial charge on any atom is 0.190 e. The first-order chi connectivity index (χ1) is 11.7. The lowest BCUT2D eigenvalue weighted by Crippen LogP contribution is -2.39. The molecule has 1 aromatic carbocycles. The first-order valence-electron chi connectivity index (χ1n) is 8.59. The van der Waals surface area contributed by atoms with Gasteiger partial charge in [0.05, 0.1) is 5.01 Å². The highest BCUT2D eigenvalue weighted by molar-refractivity contribution is 7.09. The zero-order valence-electron chi connectivity index (χ0n) is 14.9. The van der Waals surface area contributed by atoms with Crippen molar-refractivity contribution in [2.24, 2.45) is 4.99 Å². The molecule has 2 N–H and O–H groups in total. The lowest BCUT2D eigenvalue weighted by atomic mass is 10.0. The molecule has 0 spiro atoms. The second kappa shape index (κ2) is 10.1. The van der Waals surface area contributed by atoms with Crippen molar-refractivity contribution in [1.82, 2.24) is 15.6 Å². The largest absolute Gasteiger partial charge is 0.356 e. The fraction of sp³-hybridized carbons (Fsp3) is 0.474. The standard InChI is InChI=1S/C19H28N4S/c1-15(17-9-5-4-6-10-17)13-22-19(20-3)21-12-8-7-11-18-23-16(2)14-24-18/h4-6,9-10,14-15H,7-8,11-13H2,1-3H3,(H2,20,21,22). The topological polar surface area (TPSA) is 49.3 Å². The van der Waals surface area contributed by atoms with Crippen LogP contribution in [-0.4, -0.2) is 31.1 Å². The quantitative estimate of drug-likeness (QED) is 0.436. The molecule has 0 aliphatic rings. The van der Waals surface area contributed by atoms with Crippen LogP contribution in [0.25, 0.3) is 0 Å². The molecule has 1 aromatic heterocycles. The molecule has 1 unspecified atom stereocenters. The molecule has 1 heterocycles. The number of hydrogen-bond donors (Lipinski definition) is 2. The van der Waals surface area contributed by atoms with E-state index >= 15 is 0 Å². The van der Waals surface area contributed by atoms with E-state index in [1.165, 1.54) is 10.6 Å². The van der Waals surface area contributed by atoms with Gasteiger partial charge >= 0.3 is 0 Å². The van der Waals surface area contributed by atoms with Crippen LogP contribution in [0.5, 0.6) is 0 Å². The summed E-state index contributed by atoms with van der Waals surface area (Å²) >= 11 is 1.76. The number of nitrogens with zero attached hydrogens (tertiary/aromatic N) is 2. The number of thiazole rings is 1. The van der Waals surface area contributed by atoms with E-state index in [-0.39, 0.29) is 0 Å². The van der Waals surface area contributed by atoms with Crippen molar-refractivity contribution < 1.29 is 0 Å². The maximum atomic E-state index is 4.50. The molecule has 1 atom stereocenters. The van der Waals surface area contributed by atoms with Gasteiger partial charge in [0.1, 0.15) is 0 Å². The fourth-order valence-electron chi connectivity index (χ4n) is 2.50. The molecule has 0 aliphatic heterocycles. The molecule has 2 aromatic rings. The van der Waals surface area contributed by atoms with Crippen molar-refractivity contribution in [3.8, 4) is 0 Å². The highest BCUT2D eigenvalue weighted by Crippen LogP contribution is 2.13. The average Bonchev–Trinajstić information content (AvgIpc) is 3.03. The molecule has 24 heavy (non-hydrogen) atoms. The Morgan fingerprint density at radius 3 is 2.67 bits per heavy atom. The van der Waals surface area contributed by atoms with Gasteiger partial charge < -0.3 is 10.6 Å². The van der Waals surface area contributed by atoms with Crippen molar-refractivity contribution in [3.63, 3.8) is 0 Å². The van der Waals surface area contributed by atoms with E-state index < -0.39 is 0 Å². The van der Waals surface area contributed by atoms with Gasteiger partial charge in [0, 0.05) is 31.2 Å². The van der Waals surface area contributed by atoms with Gasteiger partial charge in [-0.2, -0.15) is 0 Å². The first kappa shape index (κ1) is 18.5. The Kier molecular flexibility index (Phi) is 7.75. The Morgan fingerprint density at radius 1 is 1.21 bits per heavy atom. The van der Waals surface area contributed by atoms with E-state index in [2.05, 4.69) is 63.2 Å². The highest BCUT2D eigenvalue weighted by atomic mass is 32.1. The van der Waals surface area contributed by atoms with E-state index in [1.54, 1.807) is 11.3 Å². The zero-order valence-corrected chi connectivity index (χ0v) is 15.7.